The summed E-state index contributed by atoms with van der Waals surface area (Å²) < 4.78 is 39.8. The molecule has 2 atom stereocenters. The first-order valence-corrected chi connectivity index (χ1v) is 8.87. The van der Waals surface area contributed by atoms with Crippen molar-refractivity contribution in [1.29, 1.82) is 0 Å². The van der Waals surface area contributed by atoms with E-state index in [0.717, 1.165) is 25.2 Å². The maximum absolute atomic E-state index is 13.6. The molecule has 2 unspecified atom stereocenters. The average molecular weight is 513 g/mol. The van der Waals surface area contributed by atoms with Gasteiger partial charge in [-0.15, -0.1) is 24.0 Å². The second-order valence-electron chi connectivity index (χ2n) is 6.97. The Morgan fingerprint density at radius 2 is 1.93 bits per heavy atom. The number of hydrogen-bond donors (Lipinski definition) is 3. The molecular formula is C18H27F3IN5O. The fourth-order valence-electron chi connectivity index (χ4n) is 2.96. The predicted molar refractivity (Wildman–Crippen MR) is 115 cm³/mol. The van der Waals surface area contributed by atoms with Gasteiger partial charge in [-0.2, -0.15) is 0 Å². The number of aliphatic imine (C=N–C) groups is 1. The number of halogens is 4. The van der Waals surface area contributed by atoms with Crippen LogP contribution in [0.25, 0.3) is 0 Å². The lowest BCUT2D eigenvalue weighted by Gasteiger charge is -2.21. The minimum absolute atomic E-state index is 0. The molecule has 3 N–H and O–H groups in total. The molecule has 6 nitrogen and oxygen atoms in total. The summed E-state index contributed by atoms with van der Waals surface area (Å²) in [5.41, 5.74) is -0.416. The number of carbonyl (C=O) groups excluding carboxylic acids is 1. The first kappa shape index (κ1) is 24.5. The molecule has 1 aliphatic rings. The van der Waals surface area contributed by atoms with Gasteiger partial charge in [-0.1, -0.05) is 6.92 Å². The Morgan fingerprint density at radius 1 is 1.25 bits per heavy atom. The lowest BCUT2D eigenvalue weighted by molar-refractivity contribution is -0.115. The van der Waals surface area contributed by atoms with Crippen molar-refractivity contribution in [3.8, 4) is 0 Å². The molecule has 2 rings (SSSR count). The summed E-state index contributed by atoms with van der Waals surface area (Å²) in [5, 5.41) is 8.33. The van der Waals surface area contributed by atoms with Crippen LogP contribution in [0, 0.1) is 23.4 Å². The van der Waals surface area contributed by atoms with Crippen molar-refractivity contribution in [1.82, 2.24) is 15.5 Å². The highest BCUT2D eigenvalue weighted by Gasteiger charge is 2.31. The average Bonchev–Trinajstić information content (AvgIpc) is 3.00. The Kier molecular flexibility index (Phi) is 9.48. The predicted octanol–water partition coefficient (Wildman–Crippen LogP) is 2.55. The molecule has 0 bridgehead atoms. The largest absolute Gasteiger partial charge is 0.352 e. The van der Waals surface area contributed by atoms with Gasteiger partial charge >= 0.3 is 0 Å². The van der Waals surface area contributed by atoms with Gasteiger partial charge in [0.15, 0.2) is 23.4 Å². The van der Waals surface area contributed by atoms with Crippen LogP contribution in [0.3, 0.4) is 0 Å². The van der Waals surface area contributed by atoms with Crippen LogP contribution in [0.15, 0.2) is 17.1 Å². The molecule has 0 spiro atoms. The summed E-state index contributed by atoms with van der Waals surface area (Å²) in [6.07, 6.45) is 0. The molecule has 0 saturated carbocycles. The van der Waals surface area contributed by atoms with Crippen LogP contribution in [-0.2, 0) is 4.79 Å². The van der Waals surface area contributed by atoms with Gasteiger partial charge in [0.25, 0.3) is 0 Å². The van der Waals surface area contributed by atoms with Crippen LogP contribution in [0.5, 0.6) is 0 Å². The van der Waals surface area contributed by atoms with Gasteiger partial charge in [-0.3, -0.25) is 14.7 Å². The fraction of sp³-hybridized carbons (Fsp3) is 0.556. The van der Waals surface area contributed by atoms with Crippen LogP contribution >= 0.6 is 24.0 Å². The molecule has 1 heterocycles. The Hall–Kier alpha value is -1.56. The molecule has 1 aromatic rings. The number of guanidine groups is 1. The van der Waals surface area contributed by atoms with E-state index in [0.29, 0.717) is 17.9 Å². The molecule has 1 saturated heterocycles. The number of rotatable bonds is 5. The Morgan fingerprint density at radius 3 is 2.50 bits per heavy atom. The Balaban J connectivity index is 0.00000392. The second kappa shape index (κ2) is 10.8. The maximum Gasteiger partial charge on any atom is 0.243 e. The maximum atomic E-state index is 13.6. The Labute approximate surface area is 180 Å². The number of carbonyl (C=O) groups is 1. The van der Waals surface area contributed by atoms with Crippen molar-refractivity contribution in [2.75, 3.05) is 32.0 Å². The van der Waals surface area contributed by atoms with Crippen LogP contribution in [0.2, 0.25) is 0 Å². The Bertz CT molecular complexity index is 717. The van der Waals surface area contributed by atoms with Crippen LogP contribution < -0.4 is 16.0 Å². The number of benzene rings is 1. The summed E-state index contributed by atoms with van der Waals surface area (Å²) in [6.45, 7) is 8.07. The van der Waals surface area contributed by atoms with E-state index in [1.807, 2.05) is 0 Å². The van der Waals surface area contributed by atoms with Crippen molar-refractivity contribution in [3.05, 3.63) is 29.6 Å². The monoisotopic (exact) mass is 513 g/mol. The van der Waals surface area contributed by atoms with E-state index in [9.17, 15) is 18.0 Å². The summed E-state index contributed by atoms with van der Waals surface area (Å²) >= 11 is 0. The number of nitrogens with zero attached hydrogens (tertiary/aromatic N) is 2. The number of nitrogens with one attached hydrogen (secondary N) is 3. The van der Waals surface area contributed by atoms with Crippen molar-refractivity contribution >= 4 is 41.5 Å². The smallest absolute Gasteiger partial charge is 0.243 e. The molecule has 10 heteroatoms. The second-order valence-corrected chi connectivity index (χ2v) is 6.97. The molecule has 0 radical (unpaired) electrons. The van der Waals surface area contributed by atoms with Crippen molar-refractivity contribution in [2.24, 2.45) is 10.9 Å². The van der Waals surface area contributed by atoms with Gasteiger partial charge in [-0.25, -0.2) is 13.2 Å². The standard InChI is InChI=1S/C18H26F3N5O.HI/c1-10(2)26-8-11(3)14(9-26)25-18(22-4)23-7-15(27)24-13-6-5-12(19)16(20)17(13)21;/h5-6,10-11,14H,7-9H2,1-4H3,(H,24,27)(H2,22,23,25);1H. The number of amides is 1. The molecule has 1 amide bonds. The van der Waals surface area contributed by atoms with Gasteiger partial charge in [0.05, 0.1) is 12.2 Å². The zero-order chi connectivity index (χ0) is 20.1. The minimum atomic E-state index is -1.62. The molecule has 0 aliphatic carbocycles. The summed E-state index contributed by atoms with van der Waals surface area (Å²) in [5.74, 6) is -4.11. The highest BCUT2D eigenvalue weighted by molar-refractivity contribution is 14.0. The molecule has 1 fully saturated rings. The van der Waals surface area contributed by atoms with E-state index < -0.39 is 29.0 Å². The third-order valence-electron chi connectivity index (χ3n) is 4.64. The highest BCUT2D eigenvalue weighted by Crippen LogP contribution is 2.20. The molecular weight excluding hydrogens is 486 g/mol. The van der Waals surface area contributed by atoms with Gasteiger partial charge in [0, 0.05) is 32.2 Å². The number of hydrogen-bond acceptors (Lipinski definition) is 3. The number of likely N-dealkylation sites (tertiary alicyclic amines) is 1. The highest BCUT2D eigenvalue weighted by atomic mass is 127. The van der Waals surface area contributed by atoms with Crippen LogP contribution in [0.1, 0.15) is 20.8 Å². The van der Waals surface area contributed by atoms with Gasteiger partial charge in [0.1, 0.15) is 0 Å². The van der Waals surface area contributed by atoms with E-state index in [2.05, 4.69) is 46.6 Å². The van der Waals surface area contributed by atoms with Gasteiger partial charge in [-0.05, 0) is 31.9 Å². The van der Waals surface area contributed by atoms with E-state index in [4.69, 9.17) is 0 Å². The van der Waals surface area contributed by atoms with E-state index in [1.54, 1.807) is 7.05 Å². The van der Waals surface area contributed by atoms with Crippen LogP contribution in [0.4, 0.5) is 18.9 Å². The van der Waals surface area contributed by atoms with Crippen LogP contribution in [-0.4, -0.2) is 55.5 Å². The lowest BCUT2D eigenvalue weighted by Crippen LogP contribution is -2.48. The first-order chi connectivity index (χ1) is 12.7. The summed E-state index contributed by atoms with van der Waals surface area (Å²) in [4.78, 5) is 18.4. The molecule has 158 valence electrons. The zero-order valence-corrected chi connectivity index (χ0v) is 18.7. The minimum Gasteiger partial charge on any atom is -0.352 e. The van der Waals surface area contributed by atoms with E-state index >= 15 is 0 Å². The number of anilines is 1. The third kappa shape index (κ3) is 6.23. The zero-order valence-electron chi connectivity index (χ0n) is 16.4. The van der Waals surface area contributed by atoms with Gasteiger partial charge in [0.2, 0.25) is 5.91 Å². The van der Waals surface area contributed by atoms with Crippen molar-refractivity contribution in [2.45, 2.75) is 32.9 Å². The molecule has 1 aliphatic heterocycles. The topological polar surface area (TPSA) is 68.8 Å². The van der Waals surface area contributed by atoms with E-state index in [-0.39, 0.29) is 36.6 Å². The molecule has 28 heavy (non-hydrogen) atoms. The lowest BCUT2D eigenvalue weighted by atomic mass is 10.1. The summed E-state index contributed by atoms with van der Waals surface area (Å²) in [6, 6.07) is 2.36. The van der Waals surface area contributed by atoms with Gasteiger partial charge < -0.3 is 16.0 Å². The van der Waals surface area contributed by atoms with Crippen molar-refractivity contribution < 1.29 is 18.0 Å². The van der Waals surface area contributed by atoms with Crippen molar-refractivity contribution in [3.63, 3.8) is 0 Å². The molecule has 1 aromatic carbocycles. The normalized spacial score (nSPS) is 20.1. The SMILES string of the molecule is CN=C(NCC(=O)Nc1ccc(F)c(F)c1F)NC1CN(C(C)C)CC1C.I. The first-order valence-electron chi connectivity index (χ1n) is 8.87. The quantitative estimate of drug-likeness (QED) is 0.245. The third-order valence-corrected chi connectivity index (χ3v) is 4.64. The fourth-order valence-corrected chi connectivity index (χ4v) is 2.96. The van der Waals surface area contributed by atoms with E-state index in [1.165, 1.54) is 0 Å². The molecule has 0 aromatic heterocycles. The summed E-state index contributed by atoms with van der Waals surface area (Å²) in [7, 11) is 1.59.